The fraction of sp³-hybridized carbons (Fsp3) is 0.562. The molecular weight excluding hydrogens is 272 g/mol. The zero-order valence-corrected chi connectivity index (χ0v) is 13.4. The first kappa shape index (κ1) is 17.0. The predicted molar refractivity (Wildman–Crippen MR) is 85.5 cm³/mol. The van der Waals surface area contributed by atoms with Gasteiger partial charge in [-0.1, -0.05) is 32.9 Å². The first-order valence-electron chi connectivity index (χ1n) is 7.03. The molecule has 1 aromatic carbocycles. The van der Waals surface area contributed by atoms with Gasteiger partial charge in [0.25, 0.3) is 5.91 Å². The fourth-order valence-electron chi connectivity index (χ4n) is 2.40. The van der Waals surface area contributed by atoms with Gasteiger partial charge in [0.1, 0.15) is 0 Å². The van der Waals surface area contributed by atoms with Crippen molar-refractivity contribution < 1.29 is 4.79 Å². The van der Waals surface area contributed by atoms with Gasteiger partial charge in [-0.15, -0.1) is 12.4 Å². The maximum absolute atomic E-state index is 12.4. The van der Waals surface area contributed by atoms with E-state index in [1.54, 1.807) is 0 Å². The molecule has 0 aromatic heterocycles. The normalized spacial score (nSPS) is 16.7. The minimum Gasteiger partial charge on any atom is -0.339 e. The molecule has 0 radical (unpaired) electrons. The van der Waals surface area contributed by atoms with E-state index in [1.807, 2.05) is 17.0 Å². The predicted octanol–water partition coefficient (Wildman–Crippen LogP) is 2.97. The summed E-state index contributed by atoms with van der Waals surface area (Å²) in [6, 6.07) is 8.26. The molecule has 0 atom stereocenters. The molecule has 4 heteroatoms. The van der Waals surface area contributed by atoms with Crippen LogP contribution in [0.4, 0.5) is 0 Å². The summed E-state index contributed by atoms with van der Waals surface area (Å²) in [5.74, 6) is 0.132. The highest BCUT2D eigenvalue weighted by molar-refractivity contribution is 5.94. The van der Waals surface area contributed by atoms with E-state index in [-0.39, 0.29) is 29.8 Å². The molecule has 0 unspecified atom stereocenters. The zero-order valence-electron chi connectivity index (χ0n) is 12.6. The molecule has 1 aliphatic rings. The largest absolute Gasteiger partial charge is 0.339 e. The Bertz CT molecular complexity index is 443. The molecule has 112 valence electrons. The summed E-state index contributed by atoms with van der Waals surface area (Å²) < 4.78 is 0. The van der Waals surface area contributed by atoms with Crippen molar-refractivity contribution in [3.05, 3.63) is 35.4 Å². The number of amides is 1. The van der Waals surface area contributed by atoms with Gasteiger partial charge in [-0.2, -0.15) is 0 Å². The highest BCUT2D eigenvalue weighted by Crippen LogP contribution is 2.23. The zero-order chi connectivity index (χ0) is 14.0. The number of nitrogens with two attached hydrogens (primary N) is 1. The smallest absolute Gasteiger partial charge is 0.253 e. The summed E-state index contributed by atoms with van der Waals surface area (Å²) in [5.41, 5.74) is 8.03. The minimum absolute atomic E-state index is 0. The number of rotatable bonds is 1. The topological polar surface area (TPSA) is 46.3 Å². The Labute approximate surface area is 127 Å². The molecule has 0 bridgehead atoms. The average Bonchev–Trinajstić information content (AvgIpc) is 2.38. The molecule has 1 amide bonds. The number of carbonyl (C=O) groups excluding carboxylic acids is 1. The molecule has 2 rings (SSSR count). The Balaban J connectivity index is 0.00000200. The van der Waals surface area contributed by atoms with E-state index in [0.29, 0.717) is 0 Å². The van der Waals surface area contributed by atoms with Crippen molar-refractivity contribution in [1.82, 2.24) is 4.90 Å². The van der Waals surface area contributed by atoms with E-state index >= 15 is 0 Å². The van der Waals surface area contributed by atoms with Crippen molar-refractivity contribution in [1.29, 1.82) is 0 Å². The van der Waals surface area contributed by atoms with Crippen LogP contribution in [0.25, 0.3) is 0 Å². The van der Waals surface area contributed by atoms with E-state index in [9.17, 15) is 4.79 Å². The molecule has 1 saturated heterocycles. The Morgan fingerprint density at radius 3 is 2.10 bits per heavy atom. The summed E-state index contributed by atoms with van der Waals surface area (Å²) in [7, 11) is 0. The van der Waals surface area contributed by atoms with Gasteiger partial charge >= 0.3 is 0 Å². The minimum atomic E-state index is 0. The maximum atomic E-state index is 12.4. The van der Waals surface area contributed by atoms with E-state index in [2.05, 4.69) is 32.9 Å². The summed E-state index contributed by atoms with van der Waals surface area (Å²) in [6.45, 7) is 8.09. The first-order chi connectivity index (χ1) is 8.88. The summed E-state index contributed by atoms with van der Waals surface area (Å²) in [6.07, 6.45) is 1.82. The van der Waals surface area contributed by atoms with Crippen LogP contribution in [0.15, 0.2) is 24.3 Å². The van der Waals surface area contributed by atoms with Gasteiger partial charge in [0, 0.05) is 24.7 Å². The molecule has 1 aliphatic heterocycles. The Morgan fingerprint density at radius 1 is 1.15 bits per heavy atom. The second kappa shape index (κ2) is 6.59. The molecule has 20 heavy (non-hydrogen) atoms. The van der Waals surface area contributed by atoms with Gasteiger partial charge in [-0.05, 0) is 36.0 Å². The third-order valence-electron chi connectivity index (χ3n) is 3.82. The van der Waals surface area contributed by atoms with E-state index in [4.69, 9.17) is 5.73 Å². The number of carbonyl (C=O) groups is 1. The highest BCUT2D eigenvalue weighted by atomic mass is 35.5. The third kappa shape index (κ3) is 3.97. The van der Waals surface area contributed by atoms with Crippen molar-refractivity contribution >= 4 is 18.3 Å². The van der Waals surface area contributed by atoms with Crippen LogP contribution in [-0.4, -0.2) is 29.9 Å². The quantitative estimate of drug-likeness (QED) is 0.866. The molecule has 3 nitrogen and oxygen atoms in total. The lowest BCUT2D eigenvalue weighted by molar-refractivity contribution is 0.0714. The number of benzene rings is 1. The van der Waals surface area contributed by atoms with Crippen LogP contribution in [0, 0.1) is 0 Å². The van der Waals surface area contributed by atoms with Crippen molar-refractivity contribution in [3.8, 4) is 0 Å². The van der Waals surface area contributed by atoms with Crippen molar-refractivity contribution in [2.24, 2.45) is 5.73 Å². The van der Waals surface area contributed by atoms with Crippen molar-refractivity contribution in [2.75, 3.05) is 13.1 Å². The fourth-order valence-corrected chi connectivity index (χ4v) is 2.40. The molecule has 0 spiro atoms. The van der Waals surface area contributed by atoms with Crippen LogP contribution < -0.4 is 5.73 Å². The standard InChI is InChI=1S/C16H24N2O.ClH/c1-16(2,3)13-6-4-12(5-7-13)15(19)18-10-8-14(17)9-11-18;/h4-7,14H,8-11,17H2,1-3H3;1H. The average molecular weight is 297 g/mol. The Morgan fingerprint density at radius 2 is 1.65 bits per heavy atom. The van der Waals surface area contributed by atoms with Crippen LogP contribution >= 0.6 is 12.4 Å². The Hall–Kier alpha value is -1.06. The van der Waals surface area contributed by atoms with Gasteiger partial charge in [0.2, 0.25) is 0 Å². The lowest BCUT2D eigenvalue weighted by atomic mass is 9.86. The summed E-state index contributed by atoms with van der Waals surface area (Å²) >= 11 is 0. The lowest BCUT2D eigenvalue weighted by Gasteiger charge is -2.30. The summed E-state index contributed by atoms with van der Waals surface area (Å²) in [4.78, 5) is 14.3. The van der Waals surface area contributed by atoms with Crippen LogP contribution in [0.3, 0.4) is 0 Å². The summed E-state index contributed by atoms with van der Waals surface area (Å²) in [5, 5.41) is 0. The van der Waals surface area contributed by atoms with E-state index < -0.39 is 0 Å². The monoisotopic (exact) mass is 296 g/mol. The highest BCUT2D eigenvalue weighted by Gasteiger charge is 2.22. The molecule has 2 N–H and O–H groups in total. The molecular formula is C16H25ClN2O. The molecule has 1 aromatic rings. The molecule has 0 saturated carbocycles. The number of hydrogen-bond donors (Lipinski definition) is 1. The molecule has 1 heterocycles. The van der Waals surface area contributed by atoms with Crippen LogP contribution in [0.1, 0.15) is 49.5 Å². The SMILES string of the molecule is CC(C)(C)c1ccc(C(=O)N2CCC(N)CC2)cc1.Cl. The van der Waals surface area contributed by atoms with Gasteiger partial charge in [0.05, 0.1) is 0 Å². The first-order valence-corrected chi connectivity index (χ1v) is 7.03. The molecule has 0 aliphatic carbocycles. The van der Waals surface area contributed by atoms with E-state index in [1.165, 1.54) is 5.56 Å². The molecule has 1 fully saturated rings. The maximum Gasteiger partial charge on any atom is 0.253 e. The number of piperidine rings is 1. The number of nitrogens with zero attached hydrogens (tertiary/aromatic N) is 1. The van der Waals surface area contributed by atoms with Crippen molar-refractivity contribution in [3.63, 3.8) is 0 Å². The van der Waals surface area contributed by atoms with E-state index in [0.717, 1.165) is 31.5 Å². The van der Waals surface area contributed by atoms with Crippen LogP contribution in [0.5, 0.6) is 0 Å². The van der Waals surface area contributed by atoms with Crippen LogP contribution in [0.2, 0.25) is 0 Å². The number of likely N-dealkylation sites (tertiary alicyclic amines) is 1. The van der Waals surface area contributed by atoms with Crippen LogP contribution in [-0.2, 0) is 5.41 Å². The second-order valence-corrected chi connectivity index (χ2v) is 6.46. The second-order valence-electron chi connectivity index (χ2n) is 6.46. The number of halogens is 1. The van der Waals surface area contributed by atoms with Crippen molar-refractivity contribution in [2.45, 2.75) is 45.1 Å². The third-order valence-corrected chi connectivity index (χ3v) is 3.82. The lowest BCUT2D eigenvalue weighted by Crippen LogP contribution is -2.42. The van der Waals surface area contributed by atoms with Gasteiger partial charge in [-0.25, -0.2) is 0 Å². The Kier molecular flexibility index (Phi) is 5.60. The van der Waals surface area contributed by atoms with Gasteiger partial charge in [0.15, 0.2) is 0 Å². The van der Waals surface area contributed by atoms with Gasteiger partial charge in [-0.3, -0.25) is 4.79 Å². The van der Waals surface area contributed by atoms with Gasteiger partial charge < -0.3 is 10.6 Å². The number of hydrogen-bond acceptors (Lipinski definition) is 2.